The highest BCUT2D eigenvalue weighted by Gasteiger charge is 2.04. The van der Waals surface area contributed by atoms with E-state index in [0.717, 1.165) is 0 Å². The van der Waals surface area contributed by atoms with E-state index in [1.165, 1.54) is 6.33 Å². The van der Waals surface area contributed by atoms with Crippen LogP contribution in [0.2, 0.25) is 0 Å². The molecule has 0 spiro atoms. The molecule has 0 saturated heterocycles. The zero-order valence-corrected chi connectivity index (χ0v) is 8.09. The minimum absolute atomic E-state index is 0.246. The summed E-state index contributed by atoms with van der Waals surface area (Å²) in [5.74, 6) is 5.91. The molecule has 15 heavy (non-hydrogen) atoms. The van der Waals surface area contributed by atoms with Crippen LogP contribution >= 0.6 is 0 Å². The van der Waals surface area contributed by atoms with Gasteiger partial charge in [-0.1, -0.05) is 5.92 Å². The summed E-state index contributed by atoms with van der Waals surface area (Å²) < 4.78 is 0. The lowest BCUT2D eigenvalue weighted by atomic mass is 10.5. The molecule has 0 atom stereocenters. The average Bonchev–Trinajstić information content (AvgIpc) is 2.66. The number of fused-ring (bicyclic) bond motifs is 1. The third-order valence-electron chi connectivity index (χ3n) is 1.82. The van der Waals surface area contributed by atoms with Crippen molar-refractivity contribution in [2.75, 3.05) is 11.9 Å². The highest BCUT2D eigenvalue weighted by molar-refractivity contribution is 5.69. The number of aromatic amines is 2. The van der Waals surface area contributed by atoms with Crippen LogP contribution in [0.15, 0.2) is 11.1 Å². The first kappa shape index (κ1) is 9.27. The fourth-order valence-electron chi connectivity index (χ4n) is 1.14. The number of hydrogen-bond acceptors (Lipinski definition) is 4. The lowest BCUT2D eigenvalue weighted by Crippen LogP contribution is -2.13. The number of anilines is 1. The molecular weight excluding hydrogens is 194 g/mol. The van der Waals surface area contributed by atoms with Crippen LogP contribution in [0.3, 0.4) is 0 Å². The molecule has 0 aliphatic heterocycles. The molecule has 6 heteroatoms. The standard InChI is InChI=1S/C9H9N5O/c1-2-3-4-10-9-13-7-6(8(15)14-9)11-5-12-7/h5H,4H2,1H3,(H3,10,11,12,13,14,15). The SMILES string of the molecule is CC#CCNc1nc2nc[nH]c2c(=O)[nH]1. The van der Waals surface area contributed by atoms with Gasteiger partial charge in [0, 0.05) is 0 Å². The van der Waals surface area contributed by atoms with Crippen LogP contribution < -0.4 is 10.9 Å². The van der Waals surface area contributed by atoms with Crippen molar-refractivity contribution in [3.63, 3.8) is 0 Å². The third-order valence-corrected chi connectivity index (χ3v) is 1.82. The Labute approximate surface area is 85.2 Å². The first-order chi connectivity index (χ1) is 7.31. The fraction of sp³-hybridized carbons (Fsp3) is 0.222. The van der Waals surface area contributed by atoms with E-state index in [0.29, 0.717) is 23.7 Å². The molecule has 0 aromatic carbocycles. The summed E-state index contributed by atoms with van der Waals surface area (Å²) in [5.41, 5.74) is 0.525. The number of nitrogens with one attached hydrogen (secondary N) is 3. The Balaban J connectivity index is 2.35. The van der Waals surface area contributed by atoms with Crippen molar-refractivity contribution in [1.82, 2.24) is 19.9 Å². The Kier molecular flexibility index (Phi) is 2.37. The topological polar surface area (TPSA) is 86.5 Å². The van der Waals surface area contributed by atoms with Crippen LogP contribution in [-0.2, 0) is 0 Å². The predicted molar refractivity (Wildman–Crippen MR) is 56.4 cm³/mol. The summed E-state index contributed by atoms with van der Waals surface area (Å²) in [6.07, 6.45) is 1.43. The second-order valence-electron chi connectivity index (χ2n) is 2.80. The van der Waals surface area contributed by atoms with Gasteiger partial charge in [-0.05, 0) is 6.92 Å². The normalized spacial score (nSPS) is 9.67. The van der Waals surface area contributed by atoms with Crippen molar-refractivity contribution in [1.29, 1.82) is 0 Å². The summed E-state index contributed by atoms with van der Waals surface area (Å²) in [7, 11) is 0. The van der Waals surface area contributed by atoms with Gasteiger partial charge >= 0.3 is 0 Å². The van der Waals surface area contributed by atoms with Crippen LogP contribution in [0.1, 0.15) is 6.92 Å². The van der Waals surface area contributed by atoms with Crippen molar-refractivity contribution < 1.29 is 0 Å². The molecule has 3 N–H and O–H groups in total. The largest absolute Gasteiger partial charge is 0.345 e. The maximum absolute atomic E-state index is 11.5. The molecule has 2 aromatic heterocycles. The van der Waals surface area contributed by atoms with Crippen LogP contribution in [0, 0.1) is 11.8 Å². The predicted octanol–water partition coefficient (Wildman–Crippen LogP) is 0.0814. The van der Waals surface area contributed by atoms with Crippen molar-refractivity contribution >= 4 is 17.1 Å². The van der Waals surface area contributed by atoms with Crippen molar-refractivity contribution in [3.8, 4) is 11.8 Å². The Bertz CT molecular complexity index is 586. The van der Waals surface area contributed by atoms with E-state index in [1.807, 2.05) is 0 Å². The number of imidazole rings is 1. The molecule has 2 rings (SSSR count). The lowest BCUT2D eigenvalue weighted by molar-refractivity contribution is 1.12. The van der Waals surface area contributed by atoms with Crippen LogP contribution in [-0.4, -0.2) is 26.5 Å². The summed E-state index contributed by atoms with van der Waals surface area (Å²) in [5, 5.41) is 2.87. The van der Waals surface area contributed by atoms with E-state index in [9.17, 15) is 4.79 Å². The smallest absolute Gasteiger partial charge is 0.278 e. The monoisotopic (exact) mass is 203 g/mol. The Morgan fingerprint density at radius 2 is 2.47 bits per heavy atom. The molecular formula is C9H9N5O. The molecule has 0 unspecified atom stereocenters. The van der Waals surface area contributed by atoms with Crippen LogP contribution in [0.5, 0.6) is 0 Å². The maximum atomic E-state index is 11.5. The number of nitrogens with zero attached hydrogens (tertiary/aromatic N) is 2. The Hall–Kier alpha value is -2.29. The van der Waals surface area contributed by atoms with Gasteiger partial charge in [0.25, 0.3) is 5.56 Å². The highest BCUT2D eigenvalue weighted by atomic mass is 16.1. The molecule has 0 aliphatic carbocycles. The van der Waals surface area contributed by atoms with Crippen molar-refractivity contribution in [2.45, 2.75) is 6.92 Å². The van der Waals surface area contributed by atoms with E-state index < -0.39 is 0 Å². The molecule has 2 aromatic rings. The third kappa shape index (κ3) is 1.81. The van der Waals surface area contributed by atoms with E-state index in [1.54, 1.807) is 6.92 Å². The molecule has 0 bridgehead atoms. The minimum atomic E-state index is -0.246. The quantitative estimate of drug-likeness (QED) is 0.603. The number of hydrogen-bond donors (Lipinski definition) is 3. The first-order valence-electron chi connectivity index (χ1n) is 4.38. The highest BCUT2D eigenvalue weighted by Crippen LogP contribution is 2.01. The summed E-state index contributed by atoms with van der Waals surface area (Å²) in [6.45, 7) is 2.18. The number of aromatic nitrogens is 4. The van der Waals surface area contributed by atoms with Gasteiger partial charge in [-0.2, -0.15) is 4.98 Å². The van der Waals surface area contributed by atoms with Crippen molar-refractivity contribution in [3.05, 3.63) is 16.7 Å². The number of H-pyrrole nitrogens is 2. The Morgan fingerprint density at radius 3 is 3.27 bits per heavy atom. The average molecular weight is 203 g/mol. The fourth-order valence-corrected chi connectivity index (χ4v) is 1.14. The van der Waals surface area contributed by atoms with Crippen LogP contribution in [0.25, 0.3) is 11.2 Å². The number of rotatable bonds is 2. The van der Waals surface area contributed by atoms with E-state index in [4.69, 9.17) is 0 Å². The molecule has 0 amide bonds. The van der Waals surface area contributed by atoms with Gasteiger partial charge in [0.1, 0.15) is 0 Å². The van der Waals surface area contributed by atoms with Gasteiger partial charge < -0.3 is 10.3 Å². The second-order valence-corrected chi connectivity index (χ2v) is 2.80. The van der Waals surface area contributed by atoms with Crippen molar-refractivity contribution in [2.24, 2.45) is 0 Å². The summed E-state index contributed by atoms with van der Waals surface area (Å²) >= 11 is 0. The maximum Gasteiger partial charge on any atom is 0.278 e. The summed E-state index contributed by atoms with van der Waals surface area (Å²) in [4.78, 5) is 24.7. The van der Waals surface area contributed by atoms with Gasteiger partial charge in [0.15, 0.2) is 11.2 Å². The molecule has 0 fully saturated rings. The molecule has 0 radical (unpaired) electrons. The second kappa shape index (κ2) is 3.84. The molecule has 0 saturated carbocycles. The molecule has 76 valence electrons. The molecule has 2 heterocycles. The molecule has 0 aliphatic rings. The van der Waals surface area contributed by atoms with E-state index >= 15 is 0 Å². The Morgan fingerprint density at radius 1 is 1.60 bits per heavy atom. The van der Waals surface area contributed by atoms with E-state index in [-0.39, 0.29) is 5.56 Å². The zero-order valence-electron chi connectivity index (χ0n) is 8.09. The van der Waals surface area contributed by atoms with Gasteiger partial charge in [0.2, 0.25) is 5.95 Å². The van der Waals surface area contributed by atoms with Gasteiger partial charge in [-0.25, -0.2) is 4.98 Å². The minimum Gasteiger partial charge on any atom is -0.345 e. The van der Waals surface area contributed by atoms with E-state index in [2.05, 4.69) is 37.1 Å². The van der Waals surface area contributed by atoms with Gasteiger partial charge in [-0.15, -0.1) is 5.92 Å². The molecule has 6 nitrogen and oxygen atoms in total. The van der Waals surface area contributed by atoms with Gasteiger partial charge in [-0.3, -0.25) is 9.78 Å². The zero-order chi connectivity index (χ0) is 10.7. The summed E-state index contributed by atoms with van der Waals surface area (Å²) in [6, 6.07) is 0. The lowest BCUT2D eigenvalue weighted by Gasteiger charge is -1.99. The van der Waals surface area contributed by atoms with Crippen LogP contribution in [0.4, 0.5) is 5.95 Å². The van der Waals surface area contributed by atoms with Gasteiger partial charge in [0.05, 0.1) is 12.9 Å². The first-order valence-corrected chi connectivity index (χ1v) is 4.38.